The molecule has 0 aliphatic carbocycles. The Labute approximate surface area is 475 Å². The number of benzene rings is 2. The minimum absolute atomic E-state index is 0. The molecule has 0 unspecified atom stereocenters. The van der Waals surface area contributed by atoms with Gasteiger partial charge in [-0.15, -0.1) is 11.5 Å². The van der Waals surface area contributed by atoms with Gasteiger partial charge in [-0.05, 0) is 117 Å². The second-order valence-corrected chi connectivity index (χ2v) is 22.8. The number of carboxylic acid groups (broad SMARTS) is 2. The van der Waals surface area contributed by atoms with Crippen LogP contribution in [0.4, 0.5) is 0 Å². The van der Waals surface area contributed by atoms with Crippen molar-refractivity contribution in [3.05, 3.63) is 178 Å². The molecule has 2 aromatic carbocycles. The topological polar surface area (TPSA) is 184 Å². The van der Waals surface area contributed by atoms with Gasteiger partial charge >= 0.3 is 33.0 Å². The summed E-state index contributed by atoms with van der Waals surface area (Å²) >= 11 is 0. The largest absolute Gasteiger partial charge is 3.00 e. The first-order chi connectivity index (χ1) is 34.5. The van der Waals surface area contributed by atoms with Crippen molar-refractivity contribution >= 4 is 11.9 Å². The minimum Gasteiger partial charge on any atom is -0.872 e. The summed E-state index contributed by atoms with van der Waals surface area (Å²) in [5.41, 5.74) is 9.87. The third kappa shape index (κ3) is 25.6. The van der Waals surface area contributed by atoms with Gasteiger partial charge in [-0.1, -0.05) is 132 Å². The average molecular weight is 1120 g/mol. The molecule has 6 aromatic rings. The minimum atomic E-state index is -1.08. The van der Waals surface area contributed by atoms with Crippen LogP contribution in [-0.4, -0.2) is 67.9 Å². The number of aliphatic carboxylic acids is 2. The molecule has 0 bridgehead atoms. The van der Waals surface area contributed by atoms with Crippen molar-refractivity contribution in [1.29, 1.82) is 0 Å². The summed E-state index contributed by atoms with van der Waals surface area (Å²) < 4.78 is 0. The van der Waals surface area contributed by atoms with Crippen LogP contribution in [0.3, 0.4) is 0 Å². The average Bonchev–Trinajstić information content (AvgIpc) is 3.31. The number of carboxylic acids is 2. The van der Waals surface area contributed by atoms with Crippen LogP contribution in [0.2, 0.25) is 0 Å². The summed E-state index contributed by atoms with van der Waals surface area (Å²) in [4.78, 5) is 40.5. The van der Waals surface area contributed by atoms with E-state index in [-0.39, 0.29) is 66.1 Å². The molecule has 4 aromatic heterocycles. The quantitative estimate of drug-likeness (QED) is 0.0845. The summed E-state index contributed by atoms with van der Waals surface area (Å²) in [7, 11) is 0. The molecular formula is C62H82N6Ni2O6+2. The molecule has 0 aliphatic rings. The Morgan fingerprint density at radius 2 is 0.658 bits per heavy atom. The zero-order valence-corrected chi connectivity index (χ0v) is 49.4. The van der Waals surface area contributed by atoms with E-state index >= 15 is 0 Å². The predicted octanol–water partition coefficient (Wildman–Crippen LogP) is 8.37. The molecule has 0 atom stereocenters. The van der Waals surface area contributed by atoms with Crippen molar-refractivity contribution in [2.24, 2.45) is 0 Å². The maximum Gasteiger partial charge on any atom is 3.00 e. The standard InChI is InChI=1S/2C29H39N3O.2C2H4O2.2Ni/c2*1-28(2,3)23-19-22(27(33)26(20-23)29(4,5)6)21-32(17-13-24-11-7-9-15-30-24)18-14-25-12-8-10-16-31-25;2*1-2(3)4;;/h2*7-12,15-16,19-20,33H,13-14,17-18,21H2,1-6H3;2*1H3,(H,3,4);;/q;;;;2*+3/p-4. The Balaban J connectivity index is 0.000000650. The zero-order valence-electron chi connectivity index (χ0n) is 47.4. The van der Waals surface area contributed by atoms with Gasteiger partial charge in [0.05, 0.1) is 0 Å². The number of hydrogen-bond acceptors (Lipinski definition) is 12. The Hall–Kier alpha value is -5.51. The Bertz CT molecular complexity index is 2340. The van der Waals surface area contributed by atoms with Crippen LogP contribution >= 0.6 is 0 Å². The van der Waals surface area contributed by atoms with Crippen LogP contribution in [0.25, 0.3) is 0 Å². The molecule has 0 fully saturated rings. The van der Waals surface area contributed by atoms with Crippen LogP contribution in [0, 0.1) is 0 Å². The molecule has 0 N–H and O–H groups in total. The van der Waals surface area contributed by atoms with Crippen molar-refractivity contribution in [3.63, 3.8) is 0 Å². The molecule has 12 nitrogen and oxygen atoms in total. The van der Waals surface area contributed by atoms with Crippen LogP contribution < -0.4 is 20.4 Å². The van der Waals surface area contributed by atoms with Gasteiger partial charge in [0.1, 0.15) is 0 Å². The van der Waals surface area contributed by atoms with Gasteiger partial charge in [-0.25, -0.2) is 0 Å². The van der Waals surface area contributed by atoms with Crippen molar-refractivity contribution in [1.82, 2.24) is 29.7 Å². The molecule has 414 valence electrons. The van der Waals surface area contributed by atoms with Gasteiger partial charge in [-0.3, -0.25) is 29.7 Å². The molecular weight excluding hydrogens is 1040 g/mol. The van der Waals surface area contributed by atoms with E-state index < -0.39 is 11.9 Å². The number of aromatic nitrogens is 4. The Morgan fingerprint density at radius 1 is 0.421 bits per heavy atom. The van der Waals surface area contributed by atoms with Crippen molar-refractivity contribution in [2.75, 3.05) is 26.2 Å². The van der Waals surface area contributed by atoms with Crippen LogP contribution in [0.5, 0.6) is 11.5 Å². The zero-order chi connectivity index (χ0) is 55.3. The Morgan fingerprint density at radius 3 is 0.842 bits per heavy atom. The van der Waals surface area contributed by atoms with Crippen molar-refractivity contribution in [2.45, 2.75) is 157 Å². The van der Waals surface area contributed by atoms with E-state index in [1.807, 2.05) is 73.3 Å². The number of pyridine rings is 4. The van der Waals surface area contributed by atoms with Crippen molar-refractivity contribution in [3.8, 4) is 11.5 Å². The number of hydrogen-bond donors (Lipinski definition) is 0. The van der Waals surface area contributed by atoms with E-state index in [0.717, 1.165) is 111 Å². The van der Waals surface area contributed by atoms with E-state index in [1.165, 1.54) is 11.1 Å². The van der Waals surface area contributed by atoms with Gasteiger partial charge in [-0.2, -0.15) is 0 Å². The third-order valence-electron chi connectivity index (χ3n) is 12.1. The van der Waals surface area contributed by atoms with Crippen LogP contribution in [0.15, 0.2) is 122 Å². The second-order valence-electron chi connectivity index (χ2n) is 22.8. The van der Waals surface area contributed by atoms with Crippen LogP contribution in [-0.2, 0) is 103 Å². The smallest absolute Gasteiger partial charge is 0.872 e. The molecule has 0 aliphatic heterocycles. The monoisotopic (exact) mass is 1120 g/mol. The van der Waals surface area contributed by atoms with Gasteiger partial charge in [0.25, 0.3) is 0 Å². The molecule has 14 heteroatoms. The SMILES string of the molecule is CC(=O)[O-].CC(=O)[O-].CC(C)(C)c1cc(CN(CCc2ccccn2)CCc2ccccn2)c([O-])c(C(C)(C)C)c1.CC(C)(C)c1cc(CN(CCc2ccccn2)CCc2ccccn2)c([O-])c(C(C)(C)C)c1.[Ni+3].[Ni+3]. The maximum atomic E-state index is 13.5. The third-order valence-corrected chi connectivity index (χ3v) is 12.1. The van der Waals surface area contributed by atoms with Gasteiger partial charge < -0.3 is 30.0 Å². The normalized spacial score (nSPS) is 11.4. The summed E-state index contributed by atoms with van der Waals surface area (Å²) in [6.07, 6.45) is 10.8. The molecule has 76 heavy (non-hydrogen) atoms. The molecule has 0 spiro atoms. The number of carbonyl (C=O) groups is 2. The summed E-state index contributed by atoms with van der Waals surface area (Å²) in [6.45, 7) is 32.6. The van der Waals surface area contributed by atoms with Gasteiger partial charge in [0.2, 0.25) is 0 Å². The molecule has 0 saturated heterocycles. The van der Waals surface area contributed by atoms with E-state index in [0.29, 0.717) is 13.1 Å². The second kappa shape index (κ2) is 32.3. The molecule has 0 saturated carbocycles. The molecule has 6 rings (SSSR count). The fourth-order valence-corrected chi connectivity index (χ4v) is 7.89. The molecule has 2 radical (unpaired) electrons. The van der Waals surface area contributed by atoms with E-state index in [9.17, 15) is 10.2 Å². The fourth-order valence-electron chi connectivity index (χ4n) is 7.89. The summed E-state index contributed by atoms with van der Waals surface area (Å²) in [5.74, 6) is -1.81. The van der Waals surface area contributed by atoms with E-state index in [2.05, 4.69) is 161 Å². The van der Waals surface area contributed by atoms with Crippen molar-refractivity contribution < 1.29 is 63.0 Å². The first kappa shape index (κ1) is 68.5. The number of rotatable bonds is 16. The Kier molecular flexibility index (Phi) is 29.1. The summed E-state index contributed by atoms with van der Waals surface area (Å²) in [5, 5.41) is 44.8. The fraction of sp³-hybridized carbons (Fsp3) is 0.452. The van der Waals surface area contributed by atoms with Gasteiger partial charge in [0, 0.05) is 124 Å². The van der Waals surface area contributed by atoms with Crippen LogP contribution in [0.1, 0.15) is 153 Å². The first-order valence-electron chi connectivity index (χ1n) is 25.6. The predicted molar refractivity (Wildman–Crippen MR) is 290 cm³/mol. The molecule has 4 heterocycles. The van der Waals surface area contributed by atoms with Gasteiger partial charge in [0.15, 0.2) is 0 Å². The number of carbonyl (C=O) groups excluding carboxylic acids is 2. The number of nitrogens with zero attached hydrogens (tertiary/aromatic N) is 6. The maximum absolute atomic E-state index is 13.5. The summed E-state index contributed by atoms with van der Waals surface area (Å²) in [6, 6.07) is 32.6. The molecule has 0 amide bonds. The van der Waals surface area contributed by atoms with E-state index in [1.54, 1.807) is 0 Å². The van der Waals surface area contributed by atoms with E-state index in [4.69, 9.17) is 19.8 Å². The first-order valence-corrected chi connectivity index (χ1v) is 25.6.